The molecule has 0 bridgehead atoms. The zero-order valence-corrected chi connectivity index (χ0v) is 21.3. The first-order valence-electron chi connectivity index (χ1n) is 11.6. The molecule has 1 unspecified atom stereocenters. The van der Waals surface area contributed by atoms with Crippen molar-refractivity contribution in [2.24, 2.45) is 0 Å². The van der Waals surface area contributed by atoms with Gasteiger partial charge >= 0.3 is 6.16 Å². The van der Waals surface area contributed by atoms with Gasteiger partial charge in [0.25, 0.3) is 0 Å². The Kier molecular flexibility index (Phi) is 6.75. The molecule has 0 aliphatic carbocycles. The number of nitrogen functional groups attached to an aromatic ring is 1. The SMILES string of the molecule is CCCCc1nc2c(N)nc3cccc4c3c2n1CC4(C)OC(=O)OCCSSc1ccccn1. The summed E-state index contributed by atoms with van der Waals surface area (Å²) in [6.45, 7) is 4.76. The number of rotatable bonds is 9. The maximum atomic E-state index is 12.7. The zero-order chi connectivity index (χ0) is 24.4. The van der Waals surface area contributed by atoms with E-state index in [1.54, 1.807) is 27.8 Å². The minimum atomic E-state index is -0.925. The van der Waals surface area contributed by atoms with Gasteiger partial charge in [0.1, 0.15) is 23.0 Å². The van der Waals surface area contributed by atoms with Gasteiger partial charge in [-0.25, -0.2) is 19.7 Å². The van der Waals surface area contributed by atoms with Crippen molar-refractivity contribution in [2.45, 2.75) is 50.3 Å². The van der Waals surface area contributed by atoms with Crippen LogP contribution < -0.4 is 5.73 Å². The number of benzene rings is 1. The molecule has 0 spiro atoms. The number of anilines is 1. The van der Waals surface area contributed by atoms with E-state index in [0.717, 1.165) is 52.1 Å². The van der Waals surface area contributed by atoms with Crippen molar-refractivity contribution in [3.63, 3.8) is 0 Å². The van der Waals surface area contributed by atoms with E-state index in [-0.39, 0.29) is 6.61 Å². The van der Waals surface area contributed by atoms with E-state index in [1.807, 2.05) is 43.3 Å². The Labute approximate surface area is 211 Å². The fourth-order valence-corrected chi connectivity index (χ4v) is 6.18. The standard InChI is InChI=1S/C25H27N5O3S2/c1-3-4-10-18-29-21-22-20-16(8-7-9-17(20)28-23(21)26)25(2,15-30(18)22)33-24(31)32-13-14-34-35-19-11-5-6-12-27-19/h5-9,11-12H,3-4,10,13-15H2,1-2H3,(H2,26,28). The van der Waals surface area contributed by atoms with E-state index in [0.29, 0.717) is 23.6 Å². The molecule has 4 heterocycles. The Hall–Kier alpha value is -2.98. The topological polar surface area (TPSA) is 105 Å². The molecule has 1 aliphatic rings. The van der Waals surface area contributed by atoms with Crippen molar-refractivity contribution in [3.8, 4) is 0 Å². The number of nitrogens with two attached hydrogens (primary N) is 1. The van der Waals surface area contributed by atoms with Crippen LogP contribution in [0, 0.1) is 0 Å². The van der Waals surface area contributed by atoms with Crippen LogP contribution in [0.1, 0.15) is 38.1 Å². The number of ether oxygens (including phenoxy) is 2. The highest BCUT2D eigenvalue weighted by Gasteiger charge is 2.40. The van der Waals surface area contributed by atoms with Crippen LogP contribution in [-0.2, 0) is 28.0 Å². The second-order valence-electron chi connectivity index (χ2n) is 8.62. The molecule has 0 saturated heterocycles. The van der Waals surface area contributed by atoms with Crippen molar-refractivity contribution in [3.05, 3.63) is 54.0 Å². The fourth-order valence-electron chi connectivity index (χ4n) is 4.48. The van der Waals surface area contributed by atoms with E-state index < -0.39 is 11.8 Å². The van der Waals surface area contributed by atoms with E-state index in [1.165, 1.54) is 0 Å². The first-order chi connectivity index (χ1) is 17.0. The van der Waals surface area contributed by atoms with Crippen LogP contribution in [0.3, 0.4) is 0 Å². The summed E-state index contributed by atoms with van der Waals surface area (Å²) < 4.78 is 13.6. The maximum Gasteiger partial charge on any atom is 0.509 e. The van der Waals surface area contributed by atoms with Crippen molar-refractivity contribution in [2.75, 3.05) is 18.1 Å². The van der Waals surface area contributed by atoms with Crippen molar-refractivity contribution >= 4 is 55.5 Å². The second kappa shape index (κ2) is 9.94. The number of imidazole rings is 1. The molecule has 0 fully saturated rings. The first-order valence-corrected chi connectivity index (χ1v) is 14.0. The van der Waals surface area contributed by atoms with Crippen LogP contribution in [0.2, 0.25) is 0 Å². The minimum absolute atomic E-state index is 0.245. The lowest BCUT2D eigenvalue weighted by atomic mass is 9.88. The van der Waals surface area contributed by atoms with Crippen LogP contribution in [-0.4, -0.2) is 38.0 Å². The van der Waals surface area contributed by atoms with Crippen molar-refractivity contribution in [1.82, 2.24) is 19.5 Å². The number of unbranched alkanes of at least 4 members (excludes halogenated alkanes) is 1. The van der Waals surface area contributed by atoms with Gasteiger partial charge in [-0.05, 0) is 42.3 Å². The van der Waals surface area contributed by atoms with Gasteiger partial charge in [-0.1, -0.05) is 42.3 Å². The van der Waals surface area contributed by atoms with E-state index in [4.69, 9.17) is 20.2 Å². The zero-order valence-electron chi connectivity index (χ0n) is 19.7. The lowest BCUT2D eigenvalue weighted by Crippen LogP contribution is -2.37. The van der Waals surface area contributed by atoms with Crippen LogP contribution >= 0.6 is 21.6 Å². The van der Waals surface area contributed by atoms with Crippen LogP contribution in [0.15, 0.2) is 47.6 Å². The summed E-state index contributed by atoms with van der Waals surface area (Å²) in [5.41, 5.74) is 8.68. The normalized spacial score (nSPS) is 16.7. The lowest BCUT2D eigenvalue weighted by Gasteiger charge is -2.35. The Morgan fingerprint density at radius 2 is 2.11 bits per heavy atom. The monoisotopic (exact) mass is 509 g/mol. The molecule has 3 aromatic heterocycles. The summed E-state index contributed by atoms with van der Waals surface area (Å²) in [7, 11) is 3.13. The fraction of sp³-hybridized carbons (Fsp3) is 0.360. The summed E-state index contributed by atoms with van der Waals surface area (Å²) in [4.78, 5) is 26.4. The van der Waals surface area contributed by atoms with Gasteiger partial charge in [0.15, 0.2) is 11.4 Å². The molecule has 1 aliphatic heterocycles. The van der Waals surface area contributed by atoms with Gasteiger partial charge in [-0.15, -0.1) is 0 Å². The molecular weight excluding hydrogens is 482 g/mol. The van der Waals surface area contributed by atoms with Gasteiger partial charge < -0.3 is 19.8 Å². The Balaban J connectivity index is 1.35. The second-order valence-corrected chi connectivity index (χ2v) is 11.1. The van der Waals surface area contributed by atoms with Crippen molar-refractivity contribution < 1.29 is 14.3 Å². The summed E-state index contributed by atoms with van der Waals surface area (Å²) in [6, 6.07) is 11.6. The third-order valence-corrected chi connectivity index (χ3v) is 8.30. The van der Waals surface area contributed by atoms with Crippen LogP contribution in [0.4, 0.5) is 10.6 Å². The Morgan fingerprint density at radius 1 is 1.23 bits per heavy atom. The van der Waals surface area contributed by atoms with Gasteiger partial charge in [0.2, 0.25) is 0 Å². The summed E-state index contributed by atoms with van der Waals surface area (Å²) >= 11 is 0. The molecule has 35 heavy (non-hydrogen) atoms. The number of hydrogen-bond acceptors (Lipinski definition) is 9. The average molecular weight is 510 g/mol. The summed E-state index contributed by atoms with van der Waals surface area (Å²) in [5.74, 6) is 1.98. The predicted octanol–water partition coefficient (Wildman–Crippen LogP) is 5.73. The van der Waals surface area contributed by atoms with Gasteiger partial charge in [-0.3, -0.25) is 0 Å². The molecule has 182 valence electrons. The highest BCUT2D eigenvalue weighted by atomic mass is 33.1. The maximum absolute atomic E-state index is 12.7. The molecule has 4 aromatic rings. The third-order valence-electron chi connectivity index (χ3n) is 6.07. The molecule has 10 heteroatoms. The highest BCUT2D eigenvalue weighted by Crippen LogP contribution is 2.43. The molecule has 5 rings (SSSR count). The molecule has 8 nitrogen and oxygen atoms in total. The summed E-state index contributed by atoms with van der Waals surface area (Å²) in [5, 5.41) is 1.84. The summed E-state index contributed by atoms with van der Waals surface area (Å²) in [6.07, 6.45) is 3.95. The van der Waals surface area contributed by atoms with Crippen molar-refractivity contribution in [1.29, 1.82) is 0 Å². The van der Waals surface area contributed by atoms with Gasteiger partial charge in [-0.2, -0.15) is 0 Å². The quantitative estimate of drug-likeness (QED) is 0.172. The smallest absolute Gasteiger partial charge is 0.433 e. The Bertz CT molecular complexity index is 1380. The number of carbonyl (C=O) groups is 1. The molecule has 1 aromatic carbocycles. The van der Waals surface area contributed by atoms with E-state index >= 15 is 0 Å². The molecule has 2 N–H and O–H groups in total. The number of hydrogen-bond donors (Lipinski definition) is 1. The van der Waals surface area contributed by atoms with E-state index in [2.05, 4.69) is 21.5 Å². The number of carbonyl (C=O) groups excluding carboxylic acids is 1. The van der Waals surface area contributed by atoms with Gasteiger partial charge in [0.05, 0.1) is 17.6 Å². The number of nitrogens with zero attached hydrogens (tertiary/aromatic N) is 4. The average Bonchev–Trinajstić information content (AvgIpc) is 3.21. The highest BCUT2D eigenvalue weighted by molar-refractivity contribution is 8.76. The minimum Gasteiger partial charge on any atom is -0.433 e. The van der Waals surface area contributed by atoms with Crippen LogP contribution in [0.25, 0.3) is 21.9 Å². The molecular formula is C25H27N5O3S2. The molecule has 0 amide bonds. The number of pyridine rings is 2. The molecule has 0 radical (unpaired) electrons. The lowest BCUT2D eigenvalue weighted by molar-refractivity contribution is -0.0362. The first kappa shape index (κ1) is 23.7. The third kappa shape index (κ3) is 4.64. The number of aromatic nitrogens is 4. The predicted molar refractivity (Wildman–Crippen MR) is 140 cm³/mol. The van der Waals surface area contributed by atoms with Crippen LogP contribution in [0.5, 0.6) is 0 Å². The number of aryl methyl sites for hydroxylation is 1. The van der Waals surface area contributed by atoms with E-state index in [9.17, 15) is 4.79 Å². The van der Waals surface area contributed by atoms with Gasteiger partial charge in [0, 0.05) is 29.3 Å². The largest absolute Gasteiger partial charge is 0.509 e. The Morgan fingerprint density at radius 3 is 2.91 bits per heavy atom. The molecule has 0 saturated carbocycles. The molecule has 1 atom stereocenters.